The first-order chi connectivity index (χ1) is 7.54. The number of thioether (sulfide) groups is 1. The predicted octanol–water partition coefficient (Wildman–Crippen LogP) is 1.13. The third-order valence-corrected chi connectivity index (χ3v) is 3.53. The molecule has 0 atom stereocenters. The van der Waals surface area contributed by atoms with Crippen molar-refractivity contribution in [1.29, 1.82) is 0 Å². The molecule has 0 saturated carbocycles. The van der Waals surface area contributed by atoms with Crippen molar-refractivity contribution in [2.24, 2.45) is 0 Å². The average molecular weight is 247 g/mol. The fourth-order valence-electron chi connectivity index (χ4n) is 2.05. The van der Waals surface area contributed by atoms with Gasteiger partial charge >= 0.3 is 0 Å². The molecule has 1 saturated heterocycles. The standard InChI is InChI=1S/C8H18N.C4H8O2S/c1-3-6-9(2)7-4-5-8-9;1-7-3-2-4(5)6/h3-8H2,1-2H3;2-3H2,1H3,(H,5,6)/q+1;/p-1. The first-order valence-electron chi connectivity index (χ1n) is 6.06. The van der Waals surface area contributed by atoms with Crippen molar-refractivity contribution < 1.29 is 14.4 Å². The van der Waals surface area contributed by atoms with Crippen molar-refractivity contribution in [1.82, 2.24) is 0 Å². The Kier molecular flexibility index (Phi) is 8.76. The minimum absolute atomic E-state index is 0.168. The van der Waals surface area contributed by atoms with Gasteiger partial charge in [0.15, 0.2) is 0 Å². The van der Waals surface area contributed by atoms with Crippen LogP contribution in [0.1, 0.15) is 32.6 Å². The van der Waals surface area contributed by atoms with Gasteiger partial charge in [0.2, 0.25) is 0 Å². The molecule has 0 spiro atoms. The number of carboxylic acid groups (broad SMARTS) is 1. The van der Waals surface area contributed by atoms with E-state index in [4.69, 9.17) is 0 Å². The number of carbonyl (C=O) groups excluding carboxylic acids is 1. The van der Waals surface area contributed by atoms with Crippen molar-refractivity contribution >= 4 is 17.7 Å². The van der Waals surface area contributed by atoms with Gasteiger partial charge in [-0.05, 0) is 24.9 Å². The summed E-state index contributed by atoms with van der Waals surface area (Å²) in [5, 5.41) is 9.63. The maximum atomic E-state index is 9.63. The van der Waals surface area contributed by atoms with Gasteiger partial charge in [-0.25, -0.2) is 0 Å². The number of carbonyl (C=O) groups is 1. The SMILES string of the molecule is CCC[N+]1(C)CCCC1.CSCCC(=O)[O-]. The van der Waals surface area contributed by atoms with Crippen LogP contribution in [0.3, 0.4) is 0 Å². The quantitative estimate of drug-likeness (QED) is 0.684. The molecule has 0 aromatic rings. The highest BCUT2D eigenvalue weighted by Crippen LogP contribution is 2.15. The molecule has 0 aliphatic carbocycles. The van der Waals surface area contributed by atoms with Gasteiger partial charge in [-0.3, -0.25) is 0 Å². The van der Waals surface area contributed by atoms with E-state index >= 15 is 0 Å². The van der Waals surface area contributed by atoms with E-state index in [0.717, 1.165) is 0 Å². The molecule has 1 rings (SSSR count). The van der Waals surface area contributed by atoms with Crippen LogP contribution in [0.5, 0.6) is 0 Å². The fourth-order valence-corrected chi connectivity index (χ4v) is 2.42. The van der Waals surface area contributed by atoms with Gasteiger partial charge in [0.05, 0.1) is 26.7 Å². The van der Waals surface area contributed by atoms with Gasteiger partial charge in [-0.2, -0.15) is 11.8 Å². The van der Waals surface area contributed by atoms with Crippen molar-refractivity contribution in [3.8, 4) is 0 Å². The predicted molar refractivity (Wildman–Crippen MR) is 68.3 cm³/mol. The molecule has 0 N–H and O–H groups in total. The molecule has 16 heavy (non-hydrogen) atoms. The van der Waals surface area contributed by atoms with Crippen molar-refractivity contribution in [3.05, 3.63) is 0 Å². The summed E-state index contributed by atoms with van der Waals surface area (Å²) in [5.41, 5.74) is 0. The highest BCUT2D eigenvalue weighted by molar-refractivity contribution is 7.98. The number of likely N-dealkylation sites (tertiary alicyclic amines) is 1. The number of hydrogen-bond donors (Lipinski definition) is 0. The zero-order valence-electron chi connectivity index (χ0n) is 10.8. The third-order valence-electron chi connectivity index (χ3n) is 2.92. The molecule has 1 aliphatic heterocycles. The molecule has 1 fully saturated rings. The monoisotopic (exact) mass is 247 g/mol. The van der Waals surface area contributed by atoms with Gasteiger partial charge in [-0.15, -0.1) is 0 Å². The third kappa shape index (κ3) is 7.99. The number of nitrogens with zero attached hydrogens (tertiary/aromatic N) is 1. The molecule has 1 heterocycles. The minimum atomic E-state index is -0.964. The Morgan fingerprint density at radius 2 is 1.94 bits per heavy atom. The van der Waals surface area contributed by atoms with Crippen LogP contribution in [-0.2, 0) is 4.79 Å². The van der Waals surface area contributed by atoms with E-state index < -0.39 is 5.97 Å². The molecule has 0 aromatic carbocycles. The smallest absolute Gasteiger partial charge is 0.0786 e. The van der Waals surface area contributed by atoms with E-state index in [2.05, 4.69) is 14.0 Å². The molecule has 3 nitrogen and oxygen atoms in total. The van der Waals surface area contributed by atoms with E-state index in [1.807, 2.05) is 6.26 Å². The summed E-state index contributed by atoms with van der Waals surface area (Å²) in [5.74, 6) is -0.308. The average Bonchev–Trinajstić information content (AvgIpc) is 2.63. The van der Waals surface area contributed by atoms with Crippen LogP contribution in [0.4, 0.5) is 0 Å². The highest BCUT2D eigenvalue weighted by atomic mass is 32.2. The van der Waals surface area contributed by atoms with E-state index in [-0.39, 0.29) is 6.42 Å². The van der Waals surface area contributed by atoms with Crippen LogP contribution < -0.4 is 5.11 Å². The molecule has 0 unspecified atom stereocenters. The van der Waals surface area contributed by atoms with Crippen LogP contribution in [-0.4, -0.2) is 49.1 Å². The van der Waals surface area contributed by atoms with Crippen molar-refractivity contribution in [2.75, 3.05) is 38.7 Å². The van der Waals surface area contributed by atoms with E-state index in [1.54, 1.807) is 0 Å². The van der Waals surface area contributed by atoms with Crippen LogP contribution in [0.15, 0.2) is 0 Å². The fraction of sp³-hybridized carbons (Fsp3) is 0.917. The Balaban J connectivity index is 0.000000293. The summed E-state index contributed by atoms with van der Waals surface area (Å²) in [6, 6.07) is 0. The zero-order valence-corrected chi connectivity index (χ0v) is 11.6. The van der Waals surface area contributed by atoms with E-state index in [9.17, 15) is 9.90 Å². The second-order valence-corrected chi connectivity index (χ2v) is 5.60. The lowest BCUT2D eigenvalue weighted by atomic mass is 10.4. The molecule has 4 heteroatoms. The van der Waals surface area contributed by atoms with Gasteiger partial charge in [0.25, 0.3) is 0 Å². The Labute approximate surface area is 104 Å². The van der Waals surface area contributed by atoms with Gasteiger partial charge in [0.1, 0.15) is 0 Å². The summed E-state index contributed by atoms with van der Waals surface area (Å²) >= 11 is 1.51. The molecular weight excluding hydrogens is 222 g/mol. The van der Waals surface area contributed by atoms with Crippen LogP contribution in [0.2, 0.25) is 0 Å². The second-order valence-electron chi connectivity index (χ2n) is 4.61. The lowest BCUT2D eigenvalue weighted by Crippen LogP contribution is -2.41. The molecule has 0 bridgehead atoms. The molecular formula is C12H25NO2S. The summed E-state index contributed by atoms with van der Waals surface area (Å²) in [6.45, 7) is 6.52. The maximum absolute atomic E-state index is 9.63. The van der Waals surface area contributed by atoms with Gasteiger partial charge in [-0.1, -0.05) is 6.92 Å². The maximum Gasteiger partial charge on any atom is 0.0786 e. The molecule has 0 aromatic heterocycles. The lowest BCUT2D eigenvalue weighted by molar-refractivity contribution is -0.897. The molecule has 0 radical (unpaired) electrons. The molecule has 96 valence electrons. The number of hydrogen-bond acceptors (Lipinski definition) is 3. The summed E-state index contributed by atoms with van der Waals surface area (Å²) in [4.78, 5) is 9.63. The van der Waals surface area contributed by atoms with Crippen LogP contribution in [0, 0.1) is 0 Å². The Bertz CT molecular complexity index is 191. The summed E-state index contributed by atoms with van der Waals surface area (Å²) < 4.78 is 1.34. The first kappa shape index (κ1) is 15.8. The number of carboxylic acids is 1. The minimum Gasteiger partial charge on any atom is -0.550 e. The van der Waals surface area contributed by atoms with Gasteiger partial charge in [0, 0.05) is 18.8 Å². The summed E-state index contributed by atoms with van der Waals surface area (Å²) in [7, 11) is 2.39. The van der Waals surface area contributed by atoms with Crippen LogP contribution in [0.25, 0.3) is 0 Å². The Morgan fingerprint density at radius 3 is 2.25 bits per heavy atom. The topological polar surface area (TPSA) is 40.1 Å². The number of quaternary nitrogens is 1. The van der Waals surface area contributed by atoms with Gasteiger partial charge < -0.3 is 14.4 Å². The Morgan fingerprint density at radius 1 is 1.38 bits per heavy atom. The van der Waals surface area contributed by atoms with E-state index in [0.29, 0.717) is 5.75 Å². The largest absolute Gasteiger partial charge is 0.550 e. The molecule has 1 aliphatic rings. The van der Waals surface area contributed by atoms with Crippen molar-refractivity contribution in [3.63, 3.8) is 0 Å². The second kappa shape index (κ2) is 8.88. The summed E-state index contributed by atoms with van der Waals surface area (Å²) in [6.07, 6.45) is 6.29. The normalized spacial score (nSPS) is 17.7. The Hall–Kier alpha value is -0.220. The zero-order chi connectivity index (χ0) is 12.4. The lowest BCUT2D eigenvalue weighted by Gasteiger charge is -2.28. The molecule has 0 amide bonds. The highest BCUT2D eigenvalue weighted by Gasteiger charge is 2.24. The van der Waals surface area contributed by atoms with E-state index in [1.165, 1.54) is 55.1 Å². The number of rotatable bonds is 5. The van der Waals surface area contributed by atoms with Crippen LogP contribution >= 0.6 is 11.8 Å². The van der Waals surface area contributed by atoms with Crippen molar-refractivity contribution in [2.45, 2.75) is 32.6 Å². The first-order valence-corrected chi connectivity index (χ1v) is 7.46. The number of aliphatic carboxylic acids is 1.